The van der Waals surface area contributed by atoms with E-state index in [1.807, 2.05) is 6.07 Å². The number of rotatable bonds is 1. The van der Waals surface area contributed by atoms with Crippen molar-refractivity contribution in [1.29, 1.82) is 0 Å². The summed E-state index contributed by atoms with van der Waals surface area (Å²) in [5, 5.41) is 0. The summed E-state index contributed by atoms with van der Waals surface area (Å²) in [6.45, 7) is 9.80. The Balaban J connectivity index is 1.52. The SMILES string of the molecule is CC1(C)Oc2ccccc2[C@@H]2O[C@](C)(C#CCN3CCCCC3)CC[C@@H]21. The van der Waals surface area contributed by atoms with Crippen LogP contribution in [0.1, 0.15) is 64.5 Å². The first kappa shape index (κ1) is 17.9. The van der Waals surface area contributed by atoms with E-state index in [4.69, 9.17) is 9.47 Å². The van der Waals surface area contributed by atoms with Crippen LogP contribution in [-0.4, -0.2) is 35.7 Å². The highest BCUT2D eigenvalue weighted by atomic mass is 16.5. The zero-order chi connectivity index (χ0) is 18.2. The number of para-hydroxylation sites is 1. The Kier molecular flexibility index (Phi) is 4.75. The molecule has 0 saturated carbocycles. The van der Waals surface area contributed by atoms with Gasteiger partial charge in [0, 0.05) is 11.5 Å². The molecule has 2 saturated heterocycles. The topological polar surface area (TPSA) is 21.7 Å². The van der Waals surface area contributed by atoms with Crippen molar-refractivity contribution in [3.8, 4) is 17.6 Å². The minimum Gasteiger partial charge on any atom is -0.487 e. The maximum atomic E-state index is 6.66. The summed E-state index contributed by atoms with van der Waals surface area (Å²) in [6.07, 6.45) is 6.11. The van der Waals surface area contributed by atoms with Gasteiger partial charge in [0.1, 0.15) is 17.0 Å². The lowest BCUT2D eigenvalue weighted by Gasteiger charge is -2.50. The number of fused-ring (bicyclic) bond motifs is 3. The molecule has 0 amide bonds. The van der Waals surface area contributed by atoms with E-state index in [0.717, 1.165) is 25.1 Å². The fourth-order valence-electron chi connectivity index (χ4n) is 4.71. The van der Waals surface area contributed by atoms with Crippen LogP contribution in [0.25, 0.3) is 0 Å². The van der Waals surface area contributed by atoms with Gasteiger partial charge in [-0.05, 0) is 65.6 Å². The zero-order valence-electron chi connectivity index (χ0n) is 16.4. The van der Waals surface area contributed by atoms with E-state index >= 15 is 0 Å². The molecule has 4 rings (SSSR count). The van der Waals surface area contributed by atoms with Crippen molar-refractivity contribution in [1.82, 2.24) is 4.90 Å². The van der Waals surface area contributed by atoms with Crippen LogP contribution in [0.4, 0.5) is 0 Å². The Morgan fingerprint density at radius 3 is 2.69 bits per heavy atom. The molecule has 1 aromatic carbocycles. The molecule has 3 heterocycles. The molecule has 3 aliphatic heterocycles. The van der Waals surface area contributed by atoms with Gasteiger partial charge < -0.3 is 9.47 Å². The van der Waals surface area contributed by atoms with Crippen LogP contribution in [-0.2, 0) is 4.74 Å². The second-order valence-electron chi connectivity index (χ2n) is 8.80. The molecule has 3 aliphatic rings. The zero-order valence-corrected chi connectivity index (χ0v) is 16.4. The summed E-state index contributed by atoms with van der Waals surface area (Å²) in [7, 11) is 0. The van der Waals surface area contributed by atoms with Crippen LogP contribution >= 0.6 is 0 Å². The van der Waals surface area contributed by atoms with Gasteiger partial charge in [-0.2, -0.15) is 0 Å². The van der Waals surface area contributed by atoms with Gasteiger partial charge in [-0.15, -0.1) is 0 Å². The van der Waals surface area contributed by atoms with Crippen molar-refractivity contribution in [3.63, 3.8) is 0 Å². The Hall–Kier alpha value is -1.50. The second kappa shape index (κ2) is 6.91. The van der Waals surface area contributed by atoms with E-state index < -0.39 is 0 Å². The van der Waals surface area contributed by atoms with Gasteiger partial charge in [0.2, 0.25) is 0 Å². The standard InChI is InChI=1S/C23H31NO2/c1-22(2)19-12-14-23(3,13-9-17-24-15-7-4-8-16-24)26-21(19)18-10-5-6-11-20(18)25-22/h5-6,10-11,19,21H,4,7-8,12,14-17H2,1-3H3/t19-,21-,23+/m0/s1. The first-order valence-corrected chi connectivity index (χ1v) is 10.2. The Bertz CT molecular complexity index is 710. The normalized spacial score (nSPS) is 33.2. The summed E-state index contributed by atoms with van der Waals surface area (Å²) >= 11 is 0. The van der Waals surface area contributed by atoms with Gasteiger partial charge in [0.05, 0.1) is 12.6 Å². The number of piperidine rings is 1. The van der Waals surface area contributed by atoms with Crippen LogP contribution in [0, 0.1) is 17.8 Å². The van der Waals surface area contributed by atoms with E-state index in [9.17, 15) is 0 Å². The summed E-state index contributed by atoms with van der Waals surface area (Å²) in [5.74, 6) is 8.24. The van der Waals surface area contributed by atoms with Crippen molar-refractivity contribution in [2.45, 2.75) is 70.2 Å². The molecule has 1 aromatic rings. The summed E-state index contributed by atoms with van der Waals surface area (Å²) in [5.41, 5.74) is 0.611. The average Bonchev–Trinajstić information content (AvgIpc) is 2.62. The fourth-order valence-corrected chi connectivity index (χ4v) is 4.71. The van der Waals surface area contributed by atoms with E-state index in [1.165, 1.54) is 37.9 Å². The molecule has 0 N–H and O–H groups in total. The largest absolute Gasteiger partial charge is 0.487 e. The van der Waals surface area contributed by atoms with Crippen molar-refractivity contribution >= 4 is 0 Å². The maximum Gasteiger partial charge on any atom is 0.126 e. The molecule has 26 heavy (non-hydrogen) atoms. The predicted molar refractivity (Wildman–Crippen MR) is 104 cm³/mol. The van der Waals surface area contributed by atoms with Crippen LogP contribution < -0.4 is 4.74 Å². The van der Waals surface area contributed by atoms with Crippen molar-refractivity contribution < 1.29 is 9.47 Å². The number of hydrogen-bond donors (Lipinski definition) is 0. The van der Waals surface area contributed by atoms with Crippen molar-refractivity contribution in [2.24, 2.45) is 5.92 Å². The third-order valence-corrected chi connectivity index (χ3v) is 6.28. The van der Waals surface area contributed by atoms with Gasteiger partial charge in [-0.3, -0.25) is 4.90 Å². The first-order chi connectivity index (χ1) is 12.5. The van der Waals surface area contributed by atoms with Crippen LogP contribution in [0.5, 0.6) is 5.75 Å². The second-order valence-corrected chi connectivity index (χ2v) is 8.80. The third-order valence-electron chi connectivity index (χ3n) is 6.28. The highest BCUT2D eigenvalue weighted by Gasteiger charge is 2.49. The molecular weight excluding hydrogens is 322 g/mol. The Morgan fingerprint density at radius 2 is 1.88 bits per heavy atom. The lowest BCUT2D eigenvalue weighted by Crippen LogP contribution is -2.50. The molecule has 3 atom stereocenters. The molecule has 0 unspecified atom stereocenters. The summed E-state index contributed by atoms with van der Waals surface area (Å²) in [4.78, 5) is 2.47. The molecule has 2 fully saturated rings. The summed E-state index contributed by atoms with van der Waals surface area (Å²) < 4.78 is 13.0. The lowest BCUT2D eigenvalue weighted by molar-refractivity contribution is -0.169. The molecule has 0 aromatic heterocycles. The molecule has 3 heteroatoms. The van der Waals surface area contributed by atoms with Gasteiger partial charge in [-0.1, -0.05) is 36.5 Å². The quantitative estimate of drug-likeness (QED) is 0.690. The first-order valence-electron chi connectivity index (χ1n) is 10.2. The molecule has 140 valence electrons. The molecule has 0 radical (unpaired) electrons. The van der Waals surface area contributed by atoms with E-state index in [-0.39, 0.29) is 17.3 Å². The molecule has 0 spiro atoms. The molecular formula is C23H31NO2. The minimum atomic E-state index is -0.364. The van der Waals surface area contributed by atoms with Crippen molar-refractivity contribution in [2.75, 3.05) is 19.6 Å². The number of benzene rings is 1. The number of ether oxygens (including phenoxy) is 2. The number of hydrogen-bond acceptors (Lipinski definition) is 3. The number of nitrogens with zero attached hydrogens (tertiary/aromatic N) is 1. The lowest BCUT2D eigenvalue weighted by atomic mass is 9.73. The van der Waals surface area contributed by atoms with Gasteiger partial charge >= 0.3 is 0 Å². The molecule has 3 nitrogen and oxygen atoms in total. The van der Waals surface area contributed by atoms with E-state index in [0.29, 0.717) is 5.92 Å². The highest BCUT2D eigenvalue weighted by Crippen LogP contribution is 2.52. The van der Waals surface area contributed by atoms with Gasteiger partial charge in [0.15, 0.2) is 0 Å². The summed E-state index contributed by atoms with van der Waals surface area (Å²) in [6, 6.07) is 8.32. The van der Waals surface area contributed by atoms with Crippen LogP contribution in [0.15, 0.2) is 24.3 Å². The third kappa shape index (κ3) is 3.50. The number of likely N-dealkylation sites (tertiary alicyclic amines) is 1. The van der Waals surface area contributed by atoms with Crippen LogP contribution in [0.2, 0.25) is 0 Å². The van der Waals surface area contributed by atoms with Crippen molar-refractivity contribution in [3.05, 3.63) is 29.8 Å². The van der Waals surface area contributed by atoms with E-state index in [1.54, 1.807) is 0 Å². The monoisotopic (exact) mass is 353 g/mol. The predicted octanol–water partition coefficient (Wildman–Crippen LogP) is 4.57. The average molecular weight is 354 g/mol. The maximum absolute atomic E-state index is 6.66. The Labute approximate surface area is 158 Å². The highest BCUT2D eigenvalue weighted by molar-refractivity contribution is 5.39. The minimum absolute atomic E-state index is 0.0676. The van der Waals surface area contributed by atoms with Gasteiger partial charge in [-0.25, -0.2) is 0 Å². The van der Waals surface area contributed by atoms with Gasteiger partial charge in [0.25, 0.3) is 0 Å². The van der Waals surface area contributed by atoms with E-state index in [2.05, 4.69) is 55.7 Å². The van der Waals surface area contributed by atoms with Crippen LogP contribution in [0.3, 0.4) is 0 Å². The Morgan fingerprint density at radius 1 is 1.12 bits per heavy atom. The molecule has 0 aliphatic carbocycles. The molecule has 0 bridgehead atoms. The smallest absolute Gasteiger partial charge is 0.126 e. The fraction of sp³-hybridized carbons (Fsp3) is 0.652.